The lowest BCUT2D eigenvalue weighted by atomic mass is 10.2. The second-order valence-electron chi connectivity index (χ2n) is 5.97. The average Bonchev–Trinajstić information content (AvgIpc) is 3.11. The number of hydrogen-bond acceptors (Lipinski definition) is 3. The van der Waals surface area contributed by atoms with E-state index in [9.17, 15) is 4.79 Å². The van der Waals surface area contributed by atoms with Crippen LogP contribution in [0, 0.1) is 0 Å². The maximum atomic E-state index is 12.6. The van der Waals surface area contributed by atoms with Gasteiger partial charge in [0.2, 0.25) is 0 Å². The maximum Gasteiger partial charge on any atom is 0.268 e. The van der Waals surface area contributed by atoms with Crippen molar-refractivity contribution in [2.75, 3.05) is 27.2 Å². The number of nitrogens with one attached hydrogen (secondary N) is 1. The van der Waals surface area contributed by atoms with Crippen molar-refractivity contribution in [3.8, 4) is 0 Å². The summed E-state index contributed by atoms with van der Waals surface area (Å²) >= 11 is 3.44. The molecule has 0 radical (unpaired) electrons. The third-order valence-electron chi connectivity index (χ3n) is 3.85. The zero-order valence-electron chi connectivity index (χ0n) is 13.8. The summed E-state index contributed by atoms with van der Waals surface area (Å²) in [4.78, 5) is 14.6. The second kappa shape index (κ2) is 7.23. The van der Waals surface area contributed by atoms with Crippen molar-refractivity contribution in [2.45, 2.75) is 6.54 Å². The van der Waals surface area contributed by atoms with Crippen LogP contribution in [-0.2, 0) is 6.54 Å². The summed E-state index contributed by atoms with van der Waals surface area (Å²) in [6, 6.07) is 11.8. The zero-order valence-corrected chi connectivity index (χ0v) is 15.3. The highest BCUT2D eigenvalue weighted by molar-refractivity contribution is 9.10. The molecule has 0 aliphatic carbocycles. The van der Waals surface area contributed by atoms with Gasteiger partial charge in [-0.15, -0.1) is 0 Å². The topological polar surface area (TPSA) is 50.4 Å². The van der Waals surface area contributed by atoms with Gasteiger partial charge in [-0.2, -0.15) is 0 Å². The molecule has 5 nitrogen and oxygen atoms in total. The van der Waals surface area contributed by atoms with E-state index >= 15 is 0 Å². The van der Waals surface area contributed by atoms with Gasteiger partial charge in [-0.25, -0.2) is 0 Å². The Morgan fingerprint density at radius 3 is 2.71 bits per heavy atom. The summed E-state index contributed by atoms with van der Waals surface area (Å²) in [7, 11) is 3.96. The summed E-state index contributed by atoms with van der Waals surface area (Å²) in [5, 5.41) is 2.97. The zero-order chi connectivity index (χ0) is 17.1. The van der Waals surface area contributed by atoms with Crippen LogP contribution in [0.4, 0.5) is 0 Å². The SMILES string of the molecule is CN(C)CCNC(=O)c1cc2occc2n1Cc1ccc(Br)cc1. The van der Waals surface area contributed by atoms with Crippen molar-refractivity contribution in [1.29, 1.82) is 0 Å². The van der Waals surface area contributed by atoms with Crippen molar-refractivity contribution in [2.24, 2.45) is 0 Å². The molecule has 0 saturated carbocycles. The molecule has 0 fully saturated rings. The Kier molecular flexibility index (Phi) is 5.06. The first kappa shape index (κ1) is 16.8. The van der Waals surface area contributed by atoms with E-state index < -0.39 is 0 Å². The number of halogens is 1. The number of carbonyl (C=O) groups excluding carboxylic acids is 1. The van der Waals surface area contributed by atoms with Crippen LogP contribution in [0.5, 0.6) is 0 Å². The molecule has 2 heterocycles. The first-order valence-electron chi connectivity index (χ1n) is 7.78. The summed E-state index contributed by atoms with van der Waals surface area (Å²) in [5.74, 6) is -0.0830. The molecule has 1 N–H and O–H groups in total. The van der Waals surface area contributed by atoms with E-state index in [1.165, 1.54) is 0 Å². The van der Waals surface area contributed by atoms with Crippen molar-refractivity contribution >= 4 is 32.9 Å². The van der Waals surface area contributed by atoms with Gasteiger partial charge < -0.3 is 19.2 Å². The van der Waals surface area contributed by atoms with Gasteiger partial charge in [0, 0.05) is 36.2 Å². The van der Waals surface area contributed by atoms with Crippen LogP contribution < -0.4 is 5.32 Å². The highest BCUT2D eigenvalue weighted by Crippen LogP contribution is 2.23. The molecule has 2 aromatic heterocycles. The first-order valence-corrected chi connectivity index (χ1v) is 8.58. The number of hydrogen-bond donors (Lipinski definition) is 1. The van der Waals surface area contributed by atoms with Crippen LogP contribution in [0.3, 0.4) is 0 Å². The van der Waals surface area contributed by atoms with E-state index in [2.05, 4.69) is 21.2 Å². The van der Waals surface area contributed by atoms with Crippen LogP contribution in [0.2, 0.25) is 0 Å². The highest BCUT2D eigenvalue weighted by atomic mass is 79.9. The van der Waals surface area contributed by atoms with Gasteiger partial charge in [0.25, 0.3) is 5.91 Å². The van der Waals surface area contributed by atoms with Gasteiger partial charge >= 0.3 is 0 Å². The van der Waals surface area contributed by atoms with E-state index in [-0.39, 0.29) is 5.91 Å². The number of fused-ring (bicyclic) bond motifs is 1. The van der Waals surface area contributed by atoms with Crippen molar-refractivity contribution in [3.05, 3.63) is 58.4 Å². The van der Waals surface area contributed by atoms with Crippen LogP contribution in [-0.4, -0.2) is 42.6 Å². The Hall–Kier alpha value is -2.05. The molecule has 3 aromatic rings. The number of nitrogens with zero attached hydrogens (tertiary/aromatic N) is 2. The number of carbonyl (C=O) groups is 1. The normalized spacial score (nSPS) is 11.3. The average molecular weight is 390 g/mol. The molecule has 1 amide bonds. The summed E-state index contributed by atoms with van der Waals surface area (Å²) in [5.41, 5.74) is 3.39. The van der Waals surface area contributed by atoms with E-state index in [0.717, 1.165) is 27.7 Å². The largest absolute Gasteiger partial charge is 0.463 e. The number of amides is 1. The van der Waals surface area contributed by atoms with Gasteiger partial charge in [-0.3, -0.25) is 4.79 Å². The predicted molar refractivity (Wildman–Crippen MR) is 98.3 cm³/mol. The lowest BCUT2D eigenvalue weighted by molar-refractivity contribution is 0.0942. The fraction of sp³-hybridized carbons (Fsp3) is 0.278. The van der Waals surface area contributed by atoms with Crippen LogP contribution in [0.25, 0.3) is 11.1 Å². The molecule has 0 spiro atoms. The fourth-order valence-corrected chi connectivity index (χ4v) is 2.86. The number of benzene rings is 1. The van der Waals surface area contributed by atoms with Crippen molar-refractivity contribution in [3.63, 3.8) is 0 Å². The van der Waals surface area contributed by atoms with Gasteiger partial charge in [-0.05, 0) is 31.8 Å². The standard InChI is InChI=1S/C18H20BrN3O2/c1-21(2)9-8-20-18(23)16-11-17-15(7-10-24-17)22(16)12-13-3-5-14(19)6-4-13/h3-7,10-11H,8-9,12H2,1-2H3,(H,20,23). The molecule has 0 saturated heterocycles. The molecule has 0 aliphatic heterocycles. The molecular formula is C18H20BrN3O2. The number of aromatic nitrogens is 1. The number of likely N-dealkylation sites (N-methyl/N-ethyl adjacent to an activating group) is 1. The first-order chi connectivity index (χ1) is 11.5. The molecule has 0 unspecified atom stereocenters. The van der Waals surface area contributed by atoms with Crippen molar-refractivity contribution < 1.29 is 9.21 Å². The Bertz CT molecular complexity index is 834. The lowest BCUT2D eigenvalue weighted by Gasteiger charge is -2.13. The van der Waals surface area contributed by atoms with Crippen LogP contribution in [0.1, 0.15) is 16.1 Å². The third-order valence-corrected chi connectivity index (χ3v) is 4.38. The molecule has 0 aliphatic rings. The molecule has 0 atom stereocenters. The highest BCUT2D eigenvalue weighted by Gasteiger charge is 2.17. The monoisotopic (exact) mass is 389 g/mol. The number of furan rings is 1. The summed E-state index contributed by atoms with van der Waals surface area (Å²) in [6.07, 6.45) is 1.65. The molecule has 24 heavy (non-hydrogen) atoms. The van der Waals surface area contributed by atoms with Gasteiger partial charge in [-0.1, -0.05) is 28.1 Å². The predicted octanol–water partition coefficient (Wildman–Crippen LogP) is 3.34. The smallest absolute Gasteiger partial charge is 0.268 e. The molecule has 0 bridgehead atoms. The summed E-state index contributed by atoms with van der Waals surface area (Å²) in [6.45, 7) is 2.03. The van der Waals surface area contributed by atoms with E-state index in [4.69, 9.17) is 4.42 Å². The fourth-order valence-electron chi connectivity index (χ4n) is 2.59. The van der Waals surface area contributed by atoms with Gasteiger partial charge in [0.15, 0.2) is 5.58 Å². The van der Waals surface area contributed by atoms with E-state index in [0.29, 0.717) is 18.8 Å². The minimum absolute atomic E-state index is 0.0830. The lowest BCUT2D eigenvalue weighted by Crippen LogP contribution is -2.32. The van der Waals surface area contributed by atoms with Gasteiger partial charge in [0.05, 0.1) is 11.8 Å². The van der Waals surface area contributed by atoms with Gasteiger partial charge in [0.1, 0.15) is 5.69 Å². The van der Waals surface area contributed by atoms with Crippen molar-refractivity contribution in [1.82, 2.24) is 14.8 Å². The van der Waals surface area contributed by atoms with Crippen LogP contribution >= 0.6 is 15.9 Å². The van der Waals surface area contributed by atoms with E-state index in [1.807, 2.05) is 53.9 Å². The molecule has 1 aromatic carbocycles. The minimum atomic E-state index is -0.0830. The van der Waals surface area contributed by atoms with Crippen LogP contribution in [0.15, 0.2) is 51.6 Å². The number of rotatable bonds is 6. The minimum Gasteiger partial charge on any atom is -0.463 e. The summed E-state index contributed by atoms with van der Waals surface area (Å²) < 4.78 is 8.50. The Balaban J connectivity index is 1.86. The maximum absolute atomic E-state index is 12.6. The molecular weight excluding hydrogens is 370 g/mol. The quantitative estimate of drug-likeness (QED) is 0.703. The second-order valence-corrected chi connectivity index (χ2v) is 6.89. The Labute approximate surface area is 149 Å². The Morgan fingerprint density at radius 2 is 2.00 bits per heavy atom. The molecule has 3 rings (SSSR count). The molecule has 6 heteroatoms. The van der Waals surface area contributed by atoms with E-state index in [1.54, 1.807) is 12.3 Å². The third kappa shape index (κ3) is 3.71. The Morgan fingerprint density at radius 1 is 1.25 bits per heavy atom. The molecule has 126 valence electrons.